The van der Waals surface area contributed by atoms with Crippen molar-refractivity contribution < 1.29 is 19.7 Å². The summed E-state index contributed by atoms with van der Waals surface area (Å²) in [5.74, 6) is 0.659. The van der Waals surface area contributed by atoms with Gasteiger partial charge in [-0.1, -0.05) is 36.4 Å². The molecule has 0 amide bonds. The van der Waals surface area contributed by atoms with Crippen molar-refractivity contribution in [3.05, 3.63) is 65.2 Å². The van der Waals surface area contributed by atoms with Crippen LogP contribution in [0.2, 0.25) is 0 Å². The quantitative estimate of drug-likeness (QED) is 0.790. The first-order chi connectivity index (χ1) is 12.5. The maximum Gasteiger partial charge on any atom is 0.144 e. The molecule has 0 fully saturated rings. The first kappa shape index (κ1) is 17.1. The van der Waals surface area contributed by atoms with Crippen LogP contribution in [0.3, 0.4) is 0 Å². The van der Waals surface area contributed by atoms with Gasteiger partial charge in [0, 0.05) is 5.56 Å². The zero-order valence-corrected chi connectivity index (χ0v) is 14.8. The van der Waals surface area contributed by atoms with Gasteiger partial charge >= 0.3 is 0 Å². The normalized spacial score (nSPS) is 25.6. The Hall–Kier alpha value is -2.34. The molecule has 2 aliphatic rings. The predicted molar refractivity (Wildman–Crippen MR) is 99.8 cm³/mol. The lowest BCUT2D eigenvalue weighted by Crippen LogP contribution is -2.49. The fourth-order valence-corrected chi connectivity index (χ4v) is 3.48. The Kier molecular flexibility index (Phi) is 4.23. The highest BCUT2D eigenvalue weighted by atomic mass is 16.5. The Morgan fingerprint density at radius 3 is 2.65 bits per heavy atom. The number of aliphatic hydroxyl groups excluding tert-OH is 2. The Morgan fingerprint density at radius 1 is 1.12 bits per heavy atom. The molecule has 0 aromatic heterocycles. The van der Waals surface area contributed by atoms with Crippen molar-refractivity contribution in [2.75, 3.05) is 5.32 Å². The number of anilines is 1. The number of aliphatic hydroxyl groups is 2. The number of rotatable bonds is 3. The highest BCUT2D eigenvalue weighted by Crippen LogP contribution is 2.47. The first-order valence-electron chi connectivity index (χ1n) is 8.78. The lowest BCUT2D eigenvalue weighted by Gasteiger charge is -2.43. The Balaban J connectivity index is 1.74. The van der Waals surface area contributed by atoms with Gasteiger partial charge in [0.25, 0.3) is 0 Å². The molecule has 0 aliphatic carbocycles. The van der Waals surface area contributed by atoms with E-state index in [9.17, 15) is 10.2 Å². The van der Waals surface area contributed by atoms with Crippen LogP contribution in [-0.4, -0.2) is 28.1 Å². The molecule has 26 heavy (non-hydrogen) atoms. The zero-order valence-electron chi connectivity index (χ0n) is 14.8. The van der Waals surface area contributed by atoms with E-state index in [1.165, 1.54) is 0 Å². The van der Waals surface area contributed by atoms with Crippen LogP contribution in [0.4, 0.5) is 5.69 Å². The van der Waals surface area contributed by atoms with E-state index in [0.717, 1.165) is 22.4 Å². The predicted octanol–water partition coefficient (Wildman–Crippen LogP) is 3.23. The lowest BCUT2D eigenvalue weighted by atomic mass is 9.86. The number of nitrogens with one attached hydrogen (secondary N) is 1. The number of hydrogen-bond acceptors (Lipinski definition) is 5. The molecule has 3 unspecified atom stereocenters. The van der Waals surface area contributed by atoms with Crippen molar-refractivity contribution in [3.8, 4) is 5.75 Å². The van der Waals surface area contributed by atoms with E-state index >= 15 is 0 Å². The van der Waals surface area contributed by atoms with Crippen LogP contribution in [-0.2, 0) is 11.3 Å². The van der Waals surface area contributed by atoms with E-state index < -0.39 is 24.0 Å². The Morgan fingerprint density at radius 2 is 1.88 bits per heavy atom. The third kappa shape index (κ3) is 2.98. The molecule has 2 aromatic carbocycles. The van der Waals surface area contributed by atoms with Crippen molar-refractivity contribution in [2.45, 2.75) is 44.5 Å². The second kappa shape index (κ2) is 6.43. The fourth-order valence-electron chi connectivity index (χ4n) is 3.48. The topological polar surface area (TPSA) is 71.0 Å². The molecular weight excluding hydrogens is 330 g/mol. The smallest absolute Gasteiger partial charge is 0.144 e. The highest BCUT2D eigenvalue weighted by Gasteiger charge is 2.45. The molecule has 3 N–H and O–H groups in total. The summed E-state index contributed by atoms with van der Waals surface area (Å²) in [4.78, 5) is 0. The van der Waals surface area contributed by atoms with E-state index in [2.05, 4.69) is 5.32 Å². The van der Waals surface area contributed by atoms with Gasteiger partial charge in [-0.05, 0) is 43.2 Å². The number of hydrogen-bond donors (Lipinski definition) is 3. The first-order valence-corrected chi connectivity index (χ1v) is 8.78. The number of ether oxygens (including phenoxy) is 2. The lowest BCUT2D eigenvalue weighted by molar-refractivity contribution is -0.139. The van der Waals surface area contributed by atoms with Gasteiger partial charge in [0.1, 0.15) is 29.8 Å². The molecule has 0 saturated carbocycles. The minimum absolute atomic E-state index is 0.375. The van der Waals surface area contributed by atoms with Crippen LogP contribution in [0.1, 0.15) is 36.6 Å². The van der Waals surface area contributed by atoms with Crippen LogP contribution in [0.25, 0.3) is 6.08 Å². The van der Waals surface area contributed by atoms with Crippen molar-refractivity contribution >= 4 is 11.8 Å². The minimum Gasteiger partial charge on any atom is -0.485 e. The SMILES string of the molecule is CC1(C)Oc2ccc3c(c2C(OCc2ccccc2)C1O)NC(O)C=C3. The fraction of sp³-hybridized carbons (Fsp3) is 0.333. The summed E-state index contributed by atoms with van der Waals surface area (Å²) in [5, 5.41) is 24.0. The minimum atomic E-state index is -0.852. The van der Waals surface area contributed by atoms with E-state index in [0.29, 0.717) is 12.4 Å². The van der Waals surface area contributed by atoms with Crippen molar-refractivity contribution in [3.63, 3.8) is 0 Å². The summed E-state index contributed by atoms with van der Waals surface area (Å²) in [6.07, 6.45) is 1.33. The zero-order chi connectivity index (χ0) is 18.3. The molecule has 2 aliphatic heterocycles. The summed E-state index contributed by atoms with van der Waals surface area (Å²) < 4.78 is 12.2. The average Bonchev–Trinajstić information content (AvgIpc) is 2.62. The molecule has 0 spiro atoms. The molecule has 0 bridgehead atoms. The van der Waals surface area contributed by atoms with Crippen LogP contribution in [0, 0.1) is 0 Å². The third-order valence-electron chi connectivity index (χ3n) is 4.92. The highest BCUT2D eigenvalue weighted by molar-refractivity contribution is 5.77. The molecule has 2 aromatic rings. The summed E-state index contributed by atoms with van der Waals surface area (Å²) in [6.45, 7) is 4.07. The Bertz CT molecular complexity index is 831. The molecule has 3 atom stereocenters. The van der Waals surface area contributed by atoms with Crippen molar-refractivity contribution in [1.82, 2.24) is 0 Å². The van der Waals surface area contributed by atoms with E-state index in [1.54, 1.807) is 6.08 Å². The van der Waals surface area contributed by atoms with E-state index in [1.807, 2.05) is 62.4 Å². The van der Waals surface area contributed by atoms with E-state index in [4.69, 9.17) is 9.47 Å². The third-order valence-corrected chi connectivity index (χ3v) is 4.92. The summed E-state index contributed by atoms with van der Waals surface area (Å²) >= 11 is 0. The summed E-state index contributed by atoms with van der Waals surface area (Å²) in [7, 11) is 0. The van der Waals surface area contributed by atoms with Gasteiger partial charge in [-0.15, -0.1) is 0 Å². The number of benzene rings is 2. The average molecular weight is 353 g/mol. The molecule has 136 valence electrons. The van der Waals surface area contributed by atoms with Crippen LogP contribution in [0.15, 0.2) is 48.5 Å². The van der Waals surface area contributed by atoms with Crippen molar-refractivity contribution in [1.29, 1.82) is 0 Å². The standard InChI is InChI=1S/C21H23NO4/c1-21(2)20(24)19(25-12-13-6-4-3-5-7-13)17-15(26-21)10-8-14-9-11-16(23)22-18(14)17/h3-11,16,19-20,22-24H,12H2,1-2H3. The van der Waals surface area contributed by atoms with Crippen molar-refractivity contribution in [2.24, 2.45) is 0 Å². The molecule has 5 nitrogen and oxygen atoms in total. The maximum absolute atomic E-state index is 10.9. The molecular formula is C21H23NO4. The summed E-state index contributed by atoms with van der Waals surface area (Å²) in [6, 6.07) is 13.7. The van der Waals surface area contributed by atoms with E-state index in [-0.39, 0.29) is 0 Å². The van der Waals surface area contributed by atoms with Crippen LogP contribution < -0.4 is 10.1 Å². The molecule has 2 heterocycles. The van der Waals surface area contributed by atoms with Gasteiger partial charge in [0.15, 0.2) is 0 Å². The molecule has 0 radical (unpaired) electrons. The van der Waals surface area contributed by atoms with Crippen LogP contribution in [0.5, 0.6) is 5.75 Å². The molecule has 0 saturated heterocycles. The van der Waals surface area contributed by atoms with Gasteiger partial charge in [0.2, 0.25) is 0 Å². The van der Waals surface area contributed by atoms with Gasteiger partial charge in [-0.25, -0.2) is 0 Å². The van der Waals surface area contributed by atoms with Gasteiger partial charge in [0.05, 0.1) is 12.3 Å². The van der Waals surface area contributed by atoms with Gasteiger partial charge in [-0.2, -0.15) is 0 Å². The van der Waals surface area contributed by atoms with Crippen LogP contribution >= 0.6 is 0 Å². The number of fused-ring (bicyclic) bond motifs is 3. The van der Waals surface area contributed by atoms with Gasteiger partial charge < -0.3 is 25.0 Å². The molecule has 5 heteroatoms. The second-order valence-electron chi connectivity index (χ2n) is 7.26. The second-order valence-corrected chi connectivity index (χ2v) is 7.26. The summed E-state index contributed by atoms with van der Waals surface area (Å²) in [5.41, 5.74) is 2.66. The Labute approximate surface area is 152 Å². The largest absolute Gasteiger partial charge is 0.485 e. The molecule has 4 rings (SSSR count). The monoisotopic (exact) mass is 353 g/mol. The maximum atomic E-state index is 10.9. The van der Waals surface area contributed by atoms with Gasteiger partial charge in [-0.3, -0.25) is 0 Å².